The van der Waals surface area contributed by atoms with Gasteiger partial charge in [0.15, 0.2) is 0 Å². The number of carbonyl (C=O) groups excluding carboxylic acids is 4. The quantitative estimate of drug-likeness (QED) is 0.351. The molecule has 0 unspecified atom stereocenters. The smallest absolute Gasteiger partial charge is 0.239 e. The van der Waals surface area contributed by atoms with Crippen LogP contribution in [0, 0.1) is 0 Å². The fraction of sp³-hybridized carbons (Fsp3) is 0.600. The molecule has 0 bridgehead atoms. The Morgan fingerprint density at radius 2 is 1.17 bits per heavy atom. The molecule has 0 radical (unpaired) electrons. The normalized spacial score (nSPS) is 20.0. The molecule has 8 heteroatoms. The van der Waals surface area contributed by atoms with Crippen LogP contribution in [-0.2, 0) is 19.2 Å². The van der Waals surface area contributed by atoms with Gasteiger partial charge in [0.1, 0.15) is 6.42 Å². The second-order valence-corrected chi connectivity index (χ2v) is 3.75. The first-order valence-corrected chi connectivity index (χ1v) is 5.64. The van der Waals surface area contributed by atoms with Gasteiger partial charge < -0.3 is 21.3 Å². The SMILES string of the molecule is O=C1CCNC(=O)CNC(=O)CC(=O)NCCN1. The van der Waals surface area contributed by atoms with E-state index in [1.54, 1.807) is 0 Å². The van der Waals surface area contributed by atoms with Crippen molar-refractivity contribution in [2.75, 3.05) is 26.2 Å². The molecule has 0 aromatic carbocycles. The van der Waals surface area contributed by atoms with E-state index in [9.17, 15) is 19.2 Å². The highest BCUT2D eigenvalue weighted by atomic mass is 16.2. The van der Waals surface area contributed by atoms with Crippen molar-refractivity contribution in [3.05, 3.63) is 0 Å². The predicted molar refractivity (Wildman–Crippen MR) is 61.3 cm³/mol. The molecule has 1 aliphatic heterocycles. The van der Waals surface area contributed by atoms with E-state index >= 15 is 0 Å². The Balaban J connectivity index is 2.47. The van der Waals surface area contributed by atoms with Gasteiger partial charge in [0, 0.05) is 26.1 Å². The second kappa shape index (κ2) is 7.25. The van der Waals surface area contributed by atoms with Gasteiger partial charge in [-0.3, -0.25) is 19.2 Å². The minimum Gasteiger partial charge on any atom is -0.354 e. The zero-order chi connectivity index (χ0) is 13.4. The average molecular weight is 256 g/mol. The van der Waals surface area contributed by atoms with Crippen LogP contribution in [0.15, 0.2) is 0 Å². The number of hydrogen-bond acceptors (Lipinski definition) is 4. The standard InChI is InChI=1S/C10H16N4O4/c15-7-1-2-11-10(18)6-14-9(17)5-8(16)13-4-3-12-7/h1-6H2,(H,11,18)(H,12,15)(H,13,16)(H,14,17). The molecule has 18 heavy (non-hydrogen) atoms. The summed E-state index contributed by atoms with van der Waals surface area (Å²) in [4.78, 5) is 45.0. The summed E-state index contributed by atoms with van der Waals surface area (Å²) in [6, 6.07) is 0. The highest BCUT2D eigenvalue weighted by Crippen LogP contribution is 1.82. The van der Waals surface area contributed by atoms with Crippen molar-refractivity contribution in [3.8, 4) is 0 Å². The zero-order valence-electron chi connectivity index (χ0n) is 9.88. The maximum atomic E-state index is 11.2. The monoisotopic (exact) mass is 256 g/mol. The summed E-state index contributed by atoms with van der Waals surface area (Å²) in [7, 11) is 0. The van der Waals surface area contributed by atoms with E-state index in [0.717, 1.165) is 0 Å². The van der Waals surface area contributed by atoms with Crippen molar-refractivity contribution in [1.82, 2.24) is 21.3 Å². The van der Waals surface area contributed by atoms with Gasteiger partial charge in [-0.25, -0.2) is 0 Å². The van der Waals surface area contributed by atoms with Gasteiger partial charge in [-0.05, 0) is 0 Å². The Hall–Kier alpha value is -2.12. The van der Waals surface area contributed by atoms with Crippen molar-refractivity contribution >= 4 is 23.6 Å². The molecule has 1 rings (SSSR count). The van der Waals surface area contributed by atoms with Gasteiger partial charge in [-0.15, -0.1) is 0 Å². The number of amides is 4. The summed E-state index contributed by atoms with van der Waals surface area (Å²) in [6.45, 7) is 0.574. The lowest BCUT2D eigenvalue weighted by Gasteiger charge is -2.10. The predicted octanol–water partition coefficient (Wildman–Crippen LogP) is -2.75. The summed E-state index contributed by atoms with van der Waals surface area (Å²) < 4.78 is 0. The maximum Gasteiger partial charge on any atom is 0.239 e. The molecule has 4 amide bonds. The Bertz CT molecular complexity index is 356. The van der Waals surface area contributed by atoms with E-state index in [1.165, 1.54) is 0 Å². The van der Waals surface area contributed by atoms with Crippen LogP contribution in [-0.4, -0.2) is 49.8 Å². The Kier molecular flexibility index (Phi) is 5.62. The molecule has 0 aromatic heterocycles. The van der Waals surface area contributed by atoms with Gasteiger partial charge in [0.2, 0.25) is 23.6 Å². The number of hydrogen-bond donors (Lipinski definition) is 4. The Morgan fingerprint density at radius 3 is 1.89 bits per heavy atom. The molecule has 8 nitrogen and oxygen atoms in total. The molecule has 100 valence electrons. The van der Waals surface area contributed by atoms with Crippen LogP contribution < -0.4 is 21.3 Å². The summed E-state index contributed by atoms with van der Waals surface area (Å²) >= 11 is 0. The third-order valence-electron chi connectivity index (χ3n) is 2.21. The van der Waals surface area contributed by atoms with Crippen LogP contribution in [0.2, 0.25) is 0 Å². The van der Waals surface area contributed by atoms with E-state index in [2.05, 4.69) is 21.3 Å². The van der Waals surface area contributed by atoms with E-state index in [1.807, 2.05) is 0 Å². The molecule has 0 saturated carbocycles. The van der Waals surface area contributed by atoms with Crippen molar-refractivity contribution in [3.63, 3.8) is 0 Å². The van der Waals surface area contributed by atoms with Gasteiger partial charge in [-0.2, -0.15) is 0 Å². The first-order valence-electron chi connectivity index (χ1n) is 5.64. The fourth-order valence-corrected chi connectivity index (χ4v) is 1.32. The number of rotatable bonds is 0. The minimum atomic E-state index is -0.510. The van der Waals surface area contributed by atoms with Gasteiger partial charge in [0.05, 0.1) is 6.54 Å². The molecular weight excluding hydrogens is 240 g/mol. The molecule has 1 heterocycles. The fourth-order valence-electron chi connectivity index (χ4n) is 1.32. The van der Waals surface area contributed by atoms with Crippen LogP contribution in [0.1, 0.15) is 12.8 Å². The second-order valence-electron chi connectivity index (χ2n) is 3.75. The number of nitrogens with one attached hydrogen (secondary N) is 4. The molecule has 0 aromatic rings. The van der Waals surface area contributed by atoms with Crippen LogP contribution in [0.5, 0.6) is 0 Å². The highest BCUT2D eigenvalue weighted by Gasteiger charge is 2.11. The van der Waals surface area contributed by atoms with Crippen molar-refractivity contribution < 1.29 is 19.2 Å². The molecular formula is C10H16N4O4. The lowest BCUT2D eigenvalue weighted by Crippen LogP contribution is -2.42. The first kappa shape index (κ1) is 13.9. The van der Waals surface area contributed by atoms with Crippen LogP contribution in [0.3, 0.4) is 0 Å². The Morgan fingerprint density at radius 1 is 0.611 bits per heavy atom. The van der Waals surface area contributed by atoms with Crippen molar-refractivity contribution in [1.29, 1.82) is 0 Å². The Labute approximate surface area is 104 Å². The third-order valence-corrected chi connectivity index (χ3v) is 2.21. The summed E-state index contributed by atoms with van der Waals surface area (Å²) in [5, 5.41) is 9.86. The summed E-state index contributed by atoms with van der Waals surface area (Å²) in [5.41, 5.74) is 0. The van der Waals surface area contributed by atoms with Crippen molar-refractivity contribution in [2.24, 2.45) is 0 Å². The minimum absolute atomic E-state index is 0.160. The molecule has 1 fully saturated rings. The molecule has 0 aliphatic carbocycles. The number of carbonyl (C=O) groups is 4. The molecule has 0 atom stereocenters. The molecule has 4 N–H and O–H groups in total. The van der Waals surface area contributed by atoms with Crippen LogP contribution in [0.25, 0.3) is 0 Å². The zero-order valence-corrected chi connectivity index (χ0v) is 9.88. The van der Waals surface area contributed by atoms with E-state index in [-0.39, 0.29) is 38.4 Å². The summed E-state index contributed by atoms with van der Waals surface area (Å²) in [5.74, 6) is -1.55. The average Bonchev–Trinajstić information content (AvgIpc) is 2.31. The summed E-state index contributed by atoms with van der Waals surface area (Å²) in [6.07, 6.45) is -0.172. The van der Waals surface area contributed by atoms with E-state index in [0.29, 0.717) is 6.54 Å². The largest absolute Gasteiger partial charge is 0.354 e. The lowest BCUT2D eigenvalue weighted by molar-refractivity contribution is -0.131. The first-order chi connectivity index (χ1) is 8.58. The van der Waals surface area contributed by atoms with Gasteiger partial charge in [-0.1, -0.05) is 0 Å². The molecule has 0 spiro atoms. The van der Waals surface area contributed by atoms with E-state index < -0.39 is 17.7 Å². The van der Waals surface area contributed by atoms with Gasteiger partial charge >= 0.3 is 0 Å². The van der Waals surface area contributed by atoms with E-state index in [4.69, 9.17) is 0 Å². The van der Waals surface area contributed by atoms with Crippen LogP contribution >= 0.6 is 0 Å². The molecule has 1 aliphatic rings. The van der Waals surface area contributed by atoms with Gasteiger partial charge in [0.25, 0.3) is 0 Å². The maximum absolute atomic E-state index is 11.2. The topological polar surface area (TPSA) is 116 Å². The highest BCUT2D eigenvalue weighted by molar-refractivity contribution is 5.98. The van der Waals surface area contributed by atoms with Crippen molar-refractivity contribution in [2.45, 2.75) is 12.8 Å². The third kappa shape index (κ3) is 5.83. The molecule has 1 saturated heterocycles. The van der Waals surface area contributed by atoms with Crippen LogP contribution in [0.4, 0.5) is 0 Å². The lowest BCUT2D eigenvalue weighted by atomic mass is 10.3.